The Labute approximate surface area is 152 Å². The molecule has 7 nitrogen and oxygen atoms in total. The summed E-state index contributed by atoms with van der Waals surface area (Å²) in [6, 6.07) is 9.40. The van der Waals surface area contributed by atoms with Gasteiger partial charge in [-0.2, -0.15) is 9.57 Å². The fraction of sp³-hybridized carbons (Fsp3) is 0.333. The highest BCUT2D eigenvalue weighted by molar-refractivity contribution is 7.92. The predicted octanol–water partition coefficient (Wildman–Crippen LogP) is 1.76. The van der Waals surface area contributed by atoms with Gasteiger partial charge in [-0.3, -0.25) is 4.79 Å². The number of nitrogens with zero attached hydrogens (tertiary/aromatic N) is 3. The minimum absolute atomic E-state index is 0.0196. The van der Waals surface area contributed by atoms with Crippen LogP contribution in [0.15, 0.2) is 41.0 Å². The number of pyridine rings is 1. The SMILES string of the molecule is C=CS(=O)(=O)N1CCC(Nc2c(C#N)c(=O)n(C)c3ccccc23)CC1. The molecule has 0 amide bonds. The number of hydrogen-bond acceptors (Lipinski definition) is 5. The lowest BCUT2D eigenvalue weighted by Crippen LogP contribution is -2.41. The molecule has 1 saturated heterocycles. The average Bonchev–Trinajstić information content (AvgIpc) is 2.66. The summed E-state index contributed by atoms with van der Waals surface area (Å²) in [5, 5.41) is 14.6. The van der Waals surface area contributed by atoms with Crippen molar-refractivity contribution in [1.82, 2.24) is 8.87 Å². The third-order valence-electron chi connectivity index (χ3n) is 4.79. The Balaban J connectivity index is 1.93. The number of benzene rings is 1. The summed E-state index contributed by atoms with van der Waals surface area (Å²) in [6.07, 6.45) is 1.17. The number of nitrogens with one attached hydrogen (secondary N) is 1. The summed E-state index contributed by atoms with van der Waals surface area (Å²) in [4.78, 5) is 12.5. The molecule has 1 aliphatic rings. The molecule has 0 spiro atoms. The van der Waals surface area contributed by atoms with E-state index in [2.05, 4.69) is 11.9 Å². The summed E-state index contributed by atoms with van der Waals surface area (Å²) in [7, 11) is -1.77. The molecule has 1 aromatic heterocycles. The number of nitriles is 1. The maximum atomic E-state index is 12.5. The van der Waals surface area contributed by atoms with Gasteiger partial charge in [0.15, 0.2) is 0 Å². The van der Waals surface area contributed by atoms with Crippen molar-refractivity contribution < 1.29 is 8.42 Å². The van der Waals surface area contributed by atoms with E-state index in [4.69, 9.17) is 0 Å². The molecule has 136 valence electrons. The van der Waals surface area contributed by atoms with E-state index >= 15 is 0 Å². The first-order chi connectivity index (χ1) is 12.4. The predicted molar refractivity (Wildman–Crippen MR) is 101 cm³/mol. The first-order valence-electron chi connectivity index (χ1n) is 8.30. The van der Waals surface area contributed by atoms with E-state index in [1.165, 1.54) is 8.87 Å². The monoisotopic (exact) mass is 372 g/mol. The minimum atomic E-state index is -3.41. The molecule has 0 saturated carbocycles. The van der Waals surface area contributed by atoms with Gasteiger partial charge in [0.05, 0.1) is 11.2 Å². The second kappa shape index (κ2) is 6.94. The maximum Gasteiger partial charge on any atom is 0.270 e. The van der Waals surface area contributed by atoms with Crippen molar-refractivity contribution >= 4 is 26.6 Å². The number of para-hydroxylation sites is 1. The quantitative estimate of drug-likeness (QED) is 0.882. The highest BCUT2D eigenvalue weighted by atomic mass is 32.2. The van der Waals surface area contributed by atoms with Crippen LogP contribution in [0.4, 0.5) is 5.69 Å². The normalized spacial score (nSPS) is 16.3. The molecule has 3 rings (SSSR count). The van der Waals surface area contributed by atoms with E-state index in [9.17, 15) is 18.5 Å². The van der Waals surface area contributed by atoms with Crippen molar-refractivity contribution in [2.75, 3.05) is 18.4 Å². The van der Waals surface area contributed by atoms with Crippen molar-refractivity contribution in [2.24, 2.45) is 7.05 Å². The zero-order chi connectivity index (χ0) is 18.9. The van der Waals surface area contributed by atoms with Crippen LogP contribution in [0.1, 0.15) is 18.4 Å². The number of fused-ring (bicyclic) bond motifs is 1. The Hall–Kier alpha value is -2.63. The van der Waals surface area contributed by atoms with Gasteiger partial charge in [0.25, 0.3) is 5.56 Å². The summed E-state index contributed by atoms with van der Waals surface area (Å²) < 4.78 is 26.6. The lowest BCUT2D eigenvalue weighted by Gasteiger charge is -2.31. The van der Waals surface area contributed by atoms with Crippen LogP contribution in [-0.2, 0) is 17.1 Å². The number of aromatic nitrogens is 1. The molecule has 1 fully saturated rings. The molecule has 2 aromatic rings. The van der Waals surface area contributed by atoms with Gasteiger partial charge < -0.3 is 9.88 Å². The van der Waals surface area contributed by atoms with Crippen LogP contribution < -0.4 is 10.9 Å². The van der Waals surface area contributed by atoms with E-state index in [-0.39, 0.29) is 17.2 Å². The van der Waals surface area contributed by atoms with Gasteiger partial charge in [-0.1, -0.05) is 24.8 Å². The van der Waals surface area contributed by atoms with Crippen LogP contribution >= 0.6 is 0 Å². The first-order valence-corrected chi connectivity index (χ1v) is 9.80. The Morgan fingerprint density at radius 1 is 1.31 bits per heavy atom. The van der Waals surface area contributed by atoms with Crippen LogP contribution in [0.3, 0.4) is 0 Å². The molecule has 0 aliphatic carbocycles. The summed E-state index contributed by atoms with van der Waals surface area (Å²) in [5.41, 5.74) is 0.995. The van der Waals surface area contributed by atoms with Crippen LogP contribution in [-0.4, -0.2) is 36.4 Å². The molecule has 26 heavy (non-hydrogen) atoms. The second-order valence-electron chi connectivity index (χ2n) is 6.27. The third kappa shape index (κ3) is 3.11. The lowest BCUT2D eigenvalue weighted by molar-refractivity contribution is 0.333. The number of rotatable bonds is 4. The number of piperidine rings is 1. The molecule has 0 bridgehead atoms. The van der Waals surface area contributed by atoms with Crippen LogP contribution in [0.25, 0.3) is 10.9 Å². The lowest BCUT2D eigenvalue weighted by atomic mass is 10.0. The Morgan fingerprint density at radius 2 is 1.96 bits per heavy atom. The van der Waals surface area contributed by atoms with Crippen molar-refractivity contribution in [3.63, 3.8) is 0 Å². The van der Waals surface area contributed by atoms with Crippen LogP contribution in [0.5, 0.6) is 0 Å². The molecule has 0 atom stereocenters. The number of anilines is 1. The van der Waals surface area contributed by atoms with Crippen LogP contribution in [0.2, 0.25) is 0 Å². The number of hydrogen-bond donors (Lipinski definition) is 1. The largest absolute Gasteiger partial charge is 0.380 e. The molecule has 0 radical (unpaired) electrons. The van der Waals surface area contributed by atoms with Gasteiger partial charge in [-0.05, 0) is 18.9 Å². The molecule has 8 heteroatoms. The van der Waals surface area contributed by atoms with Gasteiger partial charge in [0.2, 0.25) is 10.0 Å². The maximum absolute atomic E-state index is 12.5. The summed E-state index contributed by atoms with van der Waals surface area (Å²) >= 11 is 0. The fourth-order valence-electron chi connectivity index (χ4n) is 3.31. The highest BCUT2D eigenvalue weighted by Gasteiger charge is 2.27. The van der Waals surface area contributed by atoms with Gasteiger partial charge in [0.1, 0.15) is 11.6 Å². The molecule has 2 heterocycles. The van der Waals surface area contributed by atoms with E-state index in [0.717, 1.165) is 16.3 Å². The topological polar surface area (TPSA) is 95.2 Å². The standard InChI is InChI=1S/C18H20N4O3S/c1-3-26(24,25)22-10-8-13(9-11-22)20-17-14-6-4-5-7-16(14)21(2)18(23)15(17)12-19/h3-7,13,20H,1,8-11H2,2H3. The first kappa shape index (κ1) is 18.2. The van der Waals surface area contributed by atoms with Gasteiger partial charge in [-0.25, -0.2) is 8.42 Å². The Bertz CT molecular complexity index is 1060. The smallest absolute Gasteiger partial charge is 0.270 e. The van der Waals surface area contributed by atoms with E-state index in [1.807, 2.05) is 30.3 Å². The van der Waals surface area contributed by atoms with Gasteiger partial charge >= 0.3 is 0 Å². The fourth-order valence-corrected chi connectivity index (χ4v) is 4.24. The van der Waals surface area contributed by atoms with Crippen molar-refractivity contribution in [3.8, 4) is 6.07 Å². The molecular weight excluding hydrogens is 352 g/mol. The summed E-state index contributed by atoms with van der Waals surface area (Å²) in [5.74, 6) is 0. The molecule has 1 aliphatic heterocycles. The number of aryl methyl sites for hydroxylation is 1. The van der Waals surface area contributed by atoms with E-state index in [1.54, 1.807) is 7.05 Å². The van der Waals surface area contributed by atoms with Crippen molar-refractivity contribution in [1.29, 1.82) is 5.26 Å². The van der Waals surface area contributed by atoms with Crippen molar-refractivity contribution in [2.45, 2.75) is 18.9 Å². The van der Waals surface area contributed by atoms with E-state index in [0.29, 0.717) is 31.6 Å². The highest BCUT2D eigenvalue weighted by Crippen LogP contribution is 2.27. The minimum Gasteiger partial charge on any atom is -0.380 e. The van der Waals surface area contributed by atoms with Gasteiger partial charge in [0, 0.05) is 37.0 Å². The van der Waals surface area contributed by atoms with Crippen LogP contribution in [0, 0.1) is 11.3 Å². The van der Waals surface area contributed by atoms with Crippen molar-refractivity contribution in [3.05, 3.63) is 52.2 Å². The van der Waals surface area contributed by atoms with E-state index < -0.39 is 10.0 Å². The number of sulfonamides is 1. The average molecular weight is 372 g/mol. The molecule has 1 N–H and O–H groups in total. The molecule has 1 aromatic carbocycles. The molecular formula is C18H20N4O3S. The zero-order valence-corrected chi connectivity index (χ0v) is 15.3. The van der Waals surface area contributed by atoms with Gasteiger partial charge in [-0.15, -0.1) is 0 Å². The summed E-state index contributed by atoms with van der Waals surface area (Å²) in [6.45, 7) is 4.09. The Kier molecular flexibility index (Phi) is 4.85. The zero-order valence-electron chi connectivity index (χ0n) is 14.5. The second-order valence-corrected chi connectivity index (χ2v) is 8.15. The Morgan fingerprint density at radius 3 is 2.58 bits per heavy atom. The third-order valence-corrected chi connectivity index (χ3v) is 6.29. The molecule has 0 unspecified atom stereocenters.